The standard InChI is InChI=1S/C16H9Cl2/c17-15-8-7-14(10-16(15)18)13-6-5-11-3-1-2-4-12(11)9-13/h1-8,10H. The van der Waals surface area contributed by atoms with Crippen LogP contribution in [0.25, 0.3) is 21.9 Å². The smallest absolute Gasteiger partial charge is 0.0598 e. The van der Waals surface area contributed by atoms with E-state index in [1.165, 1.54) is 5.39 Å². The molecule has 0 aliphatic heterocycles. The van der Waals surface area contributed by atoms with Gasteiger partial charge in [0.25, 0.3) is 0 Å². The molecule has 0 heterocycles. The predicted octanol–water partition coefficient (Wildman–Crippen LogP) is 5.61. The lowest BCUT2D eigenvalue weighted by Gasteiger charge is -2.05. The summed E-state index contributed by atoms with van der Waals surface area (Å²) in [6.45, 7) is 0. The molecule has 0 aromatic heterocycles. The SMILES string of the molecule is Clc1ccc(-c2[c]c3ccccc3cc2)cc1Cl. The van der Waals surface area contributed by atoms with E-state index in [1.807, 2.05) is 36.4 Å². The first-order valence-electron chi connectivity index (χ1n) is 5.60. The van der Waals surface area contributed by atoms with E-state index in [9.17, 15) is 0 Å². The van der Waals surface area contributed by atoms with Gasteiger partial charge in [-0.3, -0.25) is 0 Å². The highest BCUT2D eigenvalue weighted by Gasteiger charge is 2.03. The molecule has 0 bridgehead atoms. The Labute approximate surface area is 116 Å². The van der Waals surface area contributed by atoms with Crippen molar-refractivity contribution in [2.45, 2.75) is 0 Å². The van der Waals surface area contributed by atoms with E-state index in [-0.39, 0.29) is 0 Å². The Morgan fingerprint density at radius 1 is 0.778 bits per heavy atom. The molecule has 0 N–H and O–H groups in total. The molecule has 0 nitrogen and oxygen atoms in total. The number of rotatable bonds is 1. The van der Waals surface area contributed by atoms with Gasteiger partial charge >= 0.3 is 0 Å². The van der Waals surface area contributed by atoms with Crippen LogP contribution in [-0.4, -0.2) is 0 Å². The van der Waals surface area contributed by atoms with Gasteiger partial charge in [-0.2, -0.15) is 0 Å². The fourth-order valence-electron chi connectivity index (χ4n) is 1.95. The lowest BCUT2D eigenvalue weighted by molar-refractivity contribution is 1.63. The van der Waals surface area contributed by atoms with Crippen LogP contribution in [0.3, 0.4) is 0 Å². The monoisotopic (exact) mass is 271 g/mol. The molecule has 18 heavy (non-hydrogen) atoms. The van der Waals surface area contributed by atoms with Crippen molar-refractivity contribution in [1.82, 2.24) is 0 Å². The number of fused-ring (bicyclic) bond motifs is 1. The largest absolute Gasteiger partial charge is 0.0827 e. The zero-order chi connectivity index (χ0) is 12.5. The first-order chi connectivity index (χ1) is 8.74. The predicted molar refractivity (Wildman–Crippen MR) is 78.2 cm³/mol. The van der Waals surface area contributed by atoms with Crippen molar-refractivity contribution < 1.29 is 0 Å². The zero-order valence-electron chi connectivity index (χ0n) is 9.45. The van der Waals surface area contributed by atoms with E-state index in [1.54, 1.807) is 0 Å². The number of hydrogen-bond acceptors (Lipinski definition) is 0. The molecule has 0 unspecified atom stereocenters. The summed E-state index contributed by atoms with van der Waals surface area (Å²) in [6.07, 6.45) is 0. The summed E-state index contributed by atoms with van der Waals surface area (Å²) in [4.78, 5) is 0. The van der Waals surface area contributed by atoms with Crippen molar-refractivity contribution in [2.75, 3.05) is 0 Å². The first kappa shape index (κ1) is 11.6. The van der Waals surface area contributed by atoms with Crippen LogP contribution in [-0.2, 0) is 0 Å². The molecule has 0 aliphatic rings. The van der Waals surface area contributed by atoms with Crippen molar-refractivity contribution in [3.63, 3.8) is 0 Å². The molecule has 87 valence electrons. The molecular weight excluding hydrogens is 263 g/mol. The van der Waals surface area contributed by atoms with Gasteiger partial charge in [-0.15, -0.1) is 0 Å². The van der Waals surface area contributed by atoms with Crippen LogP contribution in [0.4, 0.5) is 0 Å². The Morgan fingerprint density at radius 2 is 1.61 bits per heavy atom. The fraction of sp³-hybridized carbons (Fsp3) is 0. The van der Waals surface area contributed by atoms with Crippen molar-refractivity contribution in [3.05, 3.63) is 70.7 Å². The van der Waals surface area contributed by atoms with Crippen molar-refractivity contribution in [3.8, 4) is 11.1 Å². The summed E-state index contributed by atoms with van der Waals surface area (Å²) in [5, 5.41) is 3.42. The van der Waals surface area contributed by atoms with Crippen molar-refractivity contribution in [1.29, 1.82) is 0 Å². The summed E-state index contributed by atoms with van der Waals surface area (Å²) < 4.78 is 0. The second-order valence-electron chi connectivity index (χ2n) is 4.09. The van der Waals surface area contributed by atoms with E-state index < -0.39 is 0 Å². The third-order valence-electron chi connectivity index (χ3n) is 2.89. The highest BCUT2D eigenvalue weighted by atomic mass is 35.5. The highest BCUT2D eigenvalue weighted by molar-refractivity contribution is 6.42. The van der Waals surface area contributed by atoms with Crippen molar-refractivity contribution in [2.24, 2.45) is 0 Å². The highest BCUT2D eigenvalue weighted by Crippen LogP contribution is 2.29. The number of halogens is 2. The summed E-state index contributed by atoms with van der Waals surface area (Å²) >= 11 is 12.0. The molecule has 0 saturated carbocycles. The maximum atomic E-state index is 6.04. The Balaban J connectivity index is 2.16. The molecule has 0 spiro atoms. The second-order valence-corrected chi connectivity index (χ2v) is 4.90. The van der Waals surface area contributed by atoms with Crippen molar-refractivity contribution >= 4 is 34.0 Å². The lowest BCUT2D eigenvalue weighted by Crippen LogP contribution is -1.80. The van der Waals surface area contributed by atoms with E-state index in [0.29, 0.717) is 10.0 Å². The Bertz CT molecular complexity index is 717. The van der Waals surface area contributed by atoms with Gasteiger partial charge in [0.15, 0.2) is 0 Å². The van der Waals surface area contributed by atoms with Gasteiger partial charge < -0.3 is 0 Å². The van der Waals surface area contributed by atoms with E-state index in [4.69, 9.17) is 23.2 Å². The van der Waals surface area contributed by atoms with Crippen LogP contribution in [0.15, 0.2) is 54.6 Å². The molecular formula is C16H9Cl2. The Morgan fingerprint density at radius 3 is 2.44 bits per heavy atom. The zero-order valence-corrected chi connectivity index (χ0v) is 11.0. The Hall–Kier alpha value is -1.50. The summed E-state index contributed by atoms with van der Waals surface area (Å²) in [6, 6.07) is 21.3. The molecule has 0 fully saturated rings. The van der Waals surface area contributed by atoms with Gasteiger partial charge in [0.1, 0.15) is 0 Å². The third kappa shape index (κ3) is 2.10. The maximum Gasteiger partial charge on any atom is 0.0598 e. The first-order valence-corrected chi connectivity index (χ1v) is 6.36. The summed E-state index contributed by atoms with van der Waals surface area (Å²) in [7, 11) is 0. The Kier molecular flexibility index (Phi) is 2.99. The minimum absolute atomic E-state index is 0.565. The normalized spacial score (nSPS) is 10.8. The second kappa shape index (κ2) is 4.64. The molecule has 3 aromatic carbocycles. The minimum atomic E-state index is 0.565. The molecule has 1 radical (unpaired) electrons. The molecule has 0 aliphatic carbocycles. The van der Waals surface area contributed by atoms with Gasteiger partial charge in [-0.1, -0.05) is 65.7 Å². The topological polar surface area (TPSA) is 0 Å². The maximum absolute atomic E-state index is 6.04. The lowest BCUT2D eigenvalue weighted by atomic mass is 10.0. The van der Waals surface area contributed by atoms with Crippen LogP contribution < -0.4 is 0 Å². The quantitative estimate of drug-likeness (QED) is 0.539. The summed E-state index contributed by atoms with van der Waals surface area (Å²) in [5.74, 6) is 0. The van der Waals surface area contributed by atoms with Gasteiger partial charge in [0.05, 0.1) is 10.0 Å². The van der Waals surface area contributed by atoms with Gasteiger partial charge in [0, 0.05) is 0 Å². The van der Waals surface area contributed by atoms with Crippen LogP contribution in [0.2, 0.25) is 10.0 Å². The molecule has 0 amide bonds. The van der Waals surface area contributed by atoms with Gasteiger partial charge in [-0.25, -0.2) is 0 Å². The average Bonchev–Trinajstić information content (AvgIpc) is 2.41. The van der Waals surface area contributed by atoms with E-state index in [2.05, 4.69) is 24.3 Å². The van der Waals surface area contributed by atoms with Gasteiger partial charge in [-0.05, 0) is 40.1 Å². The van der Waals surface area contributed by atoms with E-state index in [0.717, 1.165) is 16.5 Å². The number of hydrogen-bond donors (Lipinski definition) is 0. The van der Waals surface area contributed by atoms with Crippen LogP contribution in [0.1, 0.15) is 0 Å². The minimum Gasteiger partial charge on any atom is -0.0827 e. The average molecular weight is 272 g/mol. The molecule has 2 heteroatoms. The number of benzene rings is 3. The third-order valence-corrected chi connectivity index (χ3v) is 3.63. The molecule has 0 atom stereocenters. The van der Waals surface area contributed by atoms with E-state index >= 15 is 0 Å². The van der Waals surface area contributed by atoms with Crippen LogP contribution >= 0.6 is 23.2 Å². The summed E-state index contributed by atoms with van der Waals surface area (Å²) in [5.41, 5.74) is 2.04. The van der Waals surface area contributed by atoms with Crippen LogP contribution in [0, 0.1) is 6.07 Å². The molecule has 0 saturated heterocycles. The van der Waals surface area contributed by atoms with Gasteiger partial charge in [0.2, 0.25) is 0 Å². The molecule has 3 rings (SSSR count). The fourth-order valence-corrected chi connectivity index (χ4v) is 2.25. The van der Waals surface area contributed by atoms with Crippen LogP contribution in [0.5, 0.6) is 0 Å². The molecule has 3 aromatic rings.